The third kappa shape index (κ3) is 4.02. The number of nitrogens with zero attached hydrogens (tertiary/aromatic N) is 3. The standard InChI is InChI=1S/C23H29N3O3S/c1-24(2)23(27)22(19-7-4-3-5-8-19)25-13-15-26(16-14-25)30(28,29)21-12-11-18-9-6-10-20(18)17-21/h3-5,7-8,11-12,17,22H,6,9-10,13-16H2,1-2H3/t22-/m0/s1. The van der Waals surface area contributed by atoms with Crippen LogP contribution in [0.15, 0.2) is 53.4 Å². The molecule has 1 atom stereocenters. The largest absolute Gasteiger partial charge is 0.347 e. The molecule has 160 valence electrons. The Balaban J connectivity index is 1.51. The Bertz CT molecular complexity index is 1010. The Morgan fingerprint density at radius 2 is 1.60 bits per heavy atom. The highest BCUT2D eigenvalue weighted by molar-refractivity contribution is 7.89. The summed E-state index contributed by atoms with van der Waals surface area (Å²) in [6.45, 7) is 1.79. The minimum atomic E-state index is -3.52. The van der Waals surface area contributed by atoms with E-state index in [0.29, 0.717) is 31.1 Å². The molecular formula is C23H29N3O3S. The number of hydrogen-bond donors (Lipinski definition) is 0. The molecule has 0 radical (unpaired) electrons. The first kappa shape index (κ1) is 21.0. The molecule has 0 bridgehead atoms. The first-order valence-electron chi connectivity index (χ1n) is 10.5. The number of carbonyl (C=O) groups excluding carboxylic acids is 1. The first-order valence-corrected chi connectivity index (χ1v) is 11.9. The number of likely N-dealkylation sites (N-methyl/N-ethyl adjacent to an activating group) is 1. The van der Waals surface area contributed by atoms with Gasteiger partial charge in [-0.2, -0.15) is 4.31 Å². The predicted molar refractivity (Wildman–Crippen MR) is 117 cm³/mol. The van der Waals surface area contributed by atoms with Gasteiger partial charge in [-0.25, -0.2) is 8.42 Å². The fourth-order valence-corrected chi connectivity index (χ4v) is 5.92. The molecule has 1 fully saturated rings. The summed E-state index contributed by atoms with van der Waals surface area (Å²) in [6.07, 6.45) is 3.09. The average molecular weight is 428 g/mol. The van der Waals surface area contributed by atoms with Crippen molar-refractivity contribution in [1.82, 2.24) is 14.1 Å². The topological polar surface area (TPSA) is 60.9 Å². The molecule has 2 aliphatic rings. The molecule has 0 aromatic heterocycles. The maximum atomic E-state index is 13.2. The molecule has 6 nitrogen and oxygen atoms in total. The maximum absolute atomic E-state index is 13.2. The molecule has 1 aliphatic heterocycles. The minimum Gasteiger partial charge on any atom is -0.347 e. The van der Waals surface area contributed by atoms with Gasteiger partial charge in [0.05, 0.1) is 4.90 Å². The quantitative estimate of drug-likeness (QED) is 0.735. The number of carbonyl (C=O) groups is 1. The van der Waals surface area contributed by atoms with E-state index in [1.54, 1.807) is 29.4 Å². The SMILES string of the molecule is CN(C)C(=O)[C@H](c1ccccc1)N1CCN(S(=O)(=O)c2ccc3c(c2)CCC3)CC1. The van der Waals surface area contributed by atoms with Crippen LogP contribution in [0.1, 0.15) is 29.2 Å². The van der Waals surface area contributed by atoms with E-state index >= 15 is 0 Å². The Labute approximate surface area is 179 Å². The lowest BCUT2D eigenvalue weighted by Gasteiger charge is -2.39. The zero-order valence-corrected chi connectivity index (χ0v) is 18.4. The summed E-state index contributed by atoms with van der Waals surface area (Å²) in [5.41, 5.74) is 3.37. The van der Waals surface area contributed by atoms with Crippen molar-refractivity contribution >= 4 is 15.9 Å². The van der Waals surface area contributed by atoms with Crippen LogP contribution >= 0.6 is 0 Å². The van der Waals surface area contributed by atoms with Crippen molar-refractivity contribution in [2.24, 2.45) is 0 Å². The van der Waals surface area contributed by atoms with Gasteiger partial charge in [-0.1, -0.05) is 36.4 Å². The predicted octanol–water partition coefficient (Wildman–Crippen LogP) is 2.31. The van der Waals surface area contributed by atoms with E-state index in [1.165, 1.54) is 5.56 Å². The highest BCUT2D eigenvalue weighted by atomic mass is 32.2. The second-order valence-corrected chi connectivity index (χ2v) is 10.2. The fourth-order valence-electron chi connectivity index (χ4n) is 4.45. The van der Waals surface area contributed by atoms with E-state index in [1.807, 2.05) is 42.5 Å². The van der Waals surface area contributed by atoms with E-state index in [2.05, 4.69) is 4.90 Å². The van der Waals surface area contributed by atoms with Crippen molar-refractivity contribution in [3.05, 3.63) is 65.2 Å². The van der Waals surface area contributed by atoms with E-state index in [9.17, 15) is 13.2 Å². The molecule has 1 saturated heterocycles. The number of amides is 1. The van der Waals surface area contributed by atoms with Crippen LogP contribution in [0.4, 0.5) is 0 Å². The van der Waals surface area contributed by atoms with Gasteiger partial charge in [0, 0.05) is 40.3 Å². The van der Waals surface area contributed by atoms with Crippen molar-refractivity contribution < 1.29 is 13.2 Å². The Kier molecular flexibility index (Phi) is 5.95. The second-order valence-electron chi connectivity index (χ2n) is 8.27. The monoisotopic (exact) mass is 427 g/mol. The second kappa shape index (κ2) is 8.49. The fraction of sp³-hybridized carbons (Fsp3) is 0.435. The smallest absolute Gasteiger partial charge is 0.244 e. The van der Waals surface area contributed by atoms with E-state index in [-0.39, 0.29) is 5.91 Å². The number of aryl methyl sites for hydroxylation is 2. The molecule has 2 aromatic rings. The van der Waals surface area contributed by atoms with Gasteiger partial charge in [0.2, 0.25) is 15.9 Å². The summed E-state index contributed by atoms with van der Waals surface area (Å²) >= 11 is 0. The summed E-state index contributed by atoms with van der Waals surface area (Å²) in [5, 5.41) is 0. The van der Waals surface area contributed by atoms with Crippen LogP contribution in [0.2, 0.25) is 0 Å². The summed E-state index contributed by atoms with van der Waals surface area (Å²) < 4.78 is 28.0. The third-order valence-electron chi connectivity index (χ3n) is 6.14. The molecule has 0 unspecified atom stereocenters. The van der Waals surface area contributed by atoms with E-state index in [0.717, 1.165) is 30.4 Å². The highest BCUT2D eigenvalue weighted by Gasteiger charge is 2.35. The van der Waals surface area contributed by atoms with Gasteiger partial charge in [0.1, 0.15) is 6.04 Å². The van der Waals surface area contributed by atoms with E-state index in [4.69, 9.17) is 0 Å². The number of fused-ring (bicyclic) bond motifs is 1. The third-order valence-corrected chi connectivity index (χ3v) is 8.03. The normalized spacial score (nSPS) is 18.7. The van der Waals surface area contributed by atoms with Crippen molar-refractivity contribution in [2.45, 2.75) is 30.2 Å². The molecular weight excluding hydrogens is 398 g/mol. The molecule has 7 heteroatoms. The van der Waals surface area contributed by atoms with Gasteiger partial charge >= 0.3 is 0 Å². The highest BCUT2D eigenvalue weighted by Crippen LogP contribution is 2.28. The van der Waals surface area contributed by atoms with Crippen LogP contribution in [0.5, 0.6) is 0 Å². The van der Waals surface area contributed by atoms with Crippen molar-refractivity contribution in [3.8, 4) is 0 Å². The zero-order valence-electron chi connectivity index (χ0n) is 17.6. The van der Waals surface area contributed by atoms with Crippen molar-refractivity contribution in [2.75, 3.05) is 40.3 Å². The van der Waals surface area contributed by atoms with Crippen molar-refractivity contribution in [1.29, 1.82) is 0 Å². The lowest BCUT2D eigenvalue weighted by molar-refractivity contribution is -0.135. The average Bonchev–Trinajstić information content (AvgIpc) is 3.23. The lowest BCUT2D eigenvalue weighted by Crippen LogP contribution is -2.52. The molecule has 30 heavy (non-hydrogen) atoms. The number of benzene rings is 2. The van der Waals surface area contributed by atoms with Crippen LogP contribution in [-0.4, -0.2) is 68.7 Å². The van der Waals surface area contributed by atoms with Gasteiger partial charge < -0.3 is 4.90 Å². The van der Waals surface area contributed by atoms with Crippen LogP contribution in [-0.2, 0) is 27.7 Å². The van der Waals surface area contributed by atoms with Gasteiger partial charge in [-0.3, -0.25) is 9.69 Å². The number of piperazine rings is 1. The Hall–Kier alpha value is -2.22. The molecule has 2 aromatic carbocycles. The molecule has 4 rings (SSSR count). The molecule has 0 spiro atoms. The Morgan fingerprint density at radius 3 is 2.27 bits per heavy atom. The van der Waals surface area contributed by atoms with Crippen LogP contribution in [0.25, 0.3) is 0 Å². The van der Waals surface area contributed by atoms with Crippen LogP contribution < -0.4 is 0 Å². The number of sulfonamides is 1. The zero-order chi connectivity index (χ0) is 21.3. The summed E-state index contributed by atoms with van der Waals surface area (Å²) in [6, 6.07) is 14.9. The summed E-state index contributed by atoms with van der Waals surface area (Å²) in [5.74, 6) is 0.0103. The molecule has 1 aliphatic carbocycles. The first-order chi connectivity index (χ1) is 14.4. The van der Waals surface area contributed by atoms with Gasteiger partial charge in [0.25, 0.3) is 0 Å². The maximum Gasteiger partial charge on any atom is 0.244 e. The molecule has 0 saturated carbocycles. The van der Waals surface area contributed by atoms with Crippen LogP contribution in [0.3, 0.4) is 0 Å². The van der Waals surface area contributed by atoms with Gasteiger partial charge in [-0.15, -0.1) is 0 Å². The summed E-state index contributed by atoms with van der Waals surface area (Å²) in [7, 11) is -0.00907. The van der Waals surface area contributed by atoms with E-state index < -0.39 is 16.1 Å². The van der Waals surface area contributed by atoms with Crippen LogP contribution in [0, 0.1) is 0 Å². The van der Waals surface area contributed by atoms with Crippen molar-refractivity contribution in [3.63, 3.8) is 0 Å². The molecule has 1 amide bonds. The molecule has 1 heterocycles. The Morgan fingerprint density at radius 1 is 0.933 bits per heavy atom. The minimum absolute atomic E-state index is 0.0103. The van der Waals surface area contributed by atoms with Gasteiger partial charge in [-0.05, 0) is 48.1 Å². The number of hydrogen-bond acceptors (Lipinski definition) is 4. The number of rotatable bonds is 5. The van der Waals surface area contributed by atoms with Gasteiger partial charge in [0.15, 0.2) is 0 Å². The lowest BCUT2D eigenvalue weighted by atomic mass is 10.0. The summed E-state index contributed by atoms with van der Waals surface area (Å²) in [4.78, 5) is 17.0. The molecule has 0 N–H and O–H groups in total.